The Bertz CT molecular complexity index is 897. The van der Waals surface area contributed by atoms with E-state index in [0.29, 0.717) is 25.4 Å². The highest BCUT2D eigenvalue weighted by atomic mass is 19.1. The number of anilines is 2. The summed E-state index contributed by atoms with van der Waals surface area (Å²) in [4.78, 5) is 15.6. The maximum Gasteiger partial charge on any atom is 0.292 e. The summed E-state index contributed by atoms with van der Waals surface area (Å²) in [5.74, 6) is 0.392. The minimum Gasteiger partial charge on any atom is -0.496 e. The van der Waals surface area contributed by atoms with Gasteiger partial charge in [0.05, 0.1) is 12.0 Å². The third kappa shape index (κ3) is 3.47. The molecule has 4 rings (SSSR count). The Kier molecular flexibility index (Phi) is 5.04. The van der Waals surface area contributed by atoms with Gasteiger partial charge in [-0.05, 0) is 30.7 Å². The molecule has 28 heavy (non-hydrogen) atoms. The first-order chi connectivity index (χ1) is 13.6. The SMILES string of the molecule is COc1ccc(F)cc1CN1CCN(c2c([N+](=O)[O-])ccc3c2CCN3)CC1. The van der Waals surface area contributed by atoms with Crippen molar-refractivity contribution >= 4 is 17.1 Å². The number of ether oxygens (including phenoxy) is 1. The van der Waals surface area contributed by atoms with E-state index in [1.807, 2.05) is 0 Å². The van der Waals surface area contributed by atoms with E-state index in [1.54, 1.807) is 25.3 Å². The van der Waals surface area contributed by atoms with Gasteiger partial charge in [-0.1, -0.05) is 0 Å². The second kappa shape index (κ2) is 7.63. The summed E-state index contributed by atoms with van der Waals surface area (Å²) in [7, 11) is 1.58. The van der Waals surface area contributed by atoms with E-state index in [1.165, 1.54) is 12.1 Å². The molecule has 2 aromatic carbocycles. The Morgan fingerprint density at radius 1 is 1.21 bits per heavy atom. The van der Waals surface area contributed by atoms with Gasteiger partial charge in [-0.15, -0.1) is 0 Å². The average molecular weight is 386 g/mol. The molecule has 0 aliphatic carbocycles. The number of nitrogens with zero attached hydrogens (tertiary/aromatic N) is 3. The zero-order valence-corrected chi connectivity index (χ0v) is 15.8. The van der Waals surface area contributed by atoms with Gasteiger partial charge in [-0.3, -0.25) is 15.0 Å². The van der Waals surface area contributed by atoms with Crippen LogP contribution in [0.15, 0.2) is 30.3 Å². The van der Waals surface area contributed by atoms with Gasteiger partial charge in [0.1, 0.15) is 17.3 Å². The first kappa shape index (κ1) is 18.5. The van der Waals surface area contributed by atoms with Crippen LogP contribution in [-0.4, -0.2) is 49.7 Å². The lowest BCUT2D eigenvalue weighted by Gasteiger charge is -2.36. The lowest BCUT2D eigenvalue weighted by atomic mass is 10.1. The van der Waals surface area contributed by atoms with Crippen molar-refractivity contribution in [1.29, 1.82) is 0 Å². The molecule has 1 N–H and O–H groups in total. The Labute approximate surface area is 162 Å². The average Bonchev–Trinajstić information content (AvgIpc) is 3.17. The third-order valence-corrected chi connectivity index (χ3v) is 5.47. The van der Waals surface area contributed by atoms with Crippen LogP contribution in [-0.2, 0) is 13.0 Å². The van der Waals surface area contributed by atoms with Gasteiger partial charge < -0.3 is 15.0 Å². The second-order valence-corrected chi connectivity index (χ2v) is 7.11. The van der Waals surface area contributed by atoms with Crippen LogP contribution in [0.5, 0.6) is 5.75 Å². The number of fused-ring (bicyclic) bond motifs is 1. The van der Waals surface area contributed by atoms with Crippen LogP contribution in [0.25, 0.3) is 0 Å². The highest BCUT2D eigenvalue weighted by Crippen LogP contribution is 2.40. The lowest BCUT2D eigenvalue weighted by molar-refractivity contribution is -0.384. The van der Waals surface area contributed by atoms with Gasteiger partial charge in [-0.25, -0.2) is 4.39 Å². The molecule has 0 unspecified atom stereocenters. The Balaban J connectivity index is 1.51. The topological polar surface area (TPSA) is 70.9 Å². The maximum absolute atomic E-state index is 13.6. The highest BCUT2D eigenvalue weighted by Gasteiger charge is 2.30. The standard InChI is InChI=1S/C20H23FN4O3/c1-28-19-5-2-15(21)12-14(19)13-23-8-10-24(11-9-23)20-16-6-7-22-17(16)3-4-18(20)25(26)27/h2-5,12,22H,6-11,13H2,1H3. The van der Waals surface area contributed by atoms with Crippen molar-refractivity contribution in [2.45, 2.75) is 13.0 Å². The summed E-state index contributed by atoms with van der Waals surface area (Å²) in [5, 5.41) is 14.9. The number of hydrogen-bond donors (Lipinski definition) is 1. The number of methoxy groups -OCH3 is 1. The molecular weight excluding hydrogens is 363 g/mol. The second-order valence-electron chi connectivity index (χ2n) is 7.11. The zero-order chi connectivity index (χ0) is 19.7. The van der Waals surface area contributed by atoms with Crippen LogP contribution < -0.4 is 15.0 Å². The van der Waals surface area contributed by atoms with Crippen molar-refractivity contribution in [3.8, 4) is 5.75 Å². The van der Waals surface area contributed by atoms with Crippen LogP contribution in [0.1, 0.15) is 11.1 Å². The van der Waals surface area contributed by atoms with Crippen molar-refractivity contribution < 1.29 is 14.1 Å². The van der Waals surface area contributed by atoms with Gasteiger partial charge >= 0.3 is 0 Å². The molecule has 0 amide bonds. The number of nitrogens with one attached hydrogen (secondary N) is 1. The number of piperazine rings is 1. The Morgan fingerprint density at radius 3 is 2.71 bits per heavy atom. The van der Waals surface area contributed by atoms with Crippen LogP contribution in [0.2, 0.25) is 0 Å². The van der Waals surface area contributed by atoms with E-state index < -0.39 is 0 Å². The lowest BCUT2D eigenvalue weighted by Crippen LogP contribution is -2.46. The molecule has 0 spiro atoms. The molecule has 0 saturated carbocycles. The zero-order valence-electron chi connectivity index (χ0n) is 15.8. The largest absolute Gasteiger partial charge is 0.496 e. The summed E-state index contributed by atoms with van der Waals surface area (Å²) in [6.07, 6.45) is 0.799. The minimum atomic E-state index is -0.294. The van der Waals surface area contributed by atoms with E-state index in [4.69, 9.17) is 4.74 Å². The molecule has 2 aliphatic rings. The summed E-state index contributed by atoms with van der Waals surface area (Å²) in [6.45, 7) is 4.26. The van der Waals surface area contributed by atoms with Crippen molar-refractivity contribution in [1.82, 2.24) is 4.90 Å². The quantitative estimate of drug-likeness (QED) is 0.629. The van der Waals surface area contributed by atoms with Gasteiger partial charge in [0.2, 0.25) is 0 Å². The van der Waals surface area contributed by atoms with Crippen LogP contribution in [0.4, 0.5) is 21.5 Å². The molecule has 8 heteroatoms. The van der Waals surface area contributed by atoms with E-state index in [-0.39, 0.29) is 16.4 Å². The third-order valence-electron chi connectivity index (χ3n) is 5.47. The van der Waals surface area contributed by atoms with Gasteiger partial charge in [0, 0.05) is 62.1 Å². The highest BCUT2D eigenvalue weighted by molar-refractivity contribution is 5.78. The predicted molar refractivity (Wildman–Crippen MR) is 106 cm³/mol. The molecule has 148 valence electrons. The molecule has 7 nitrogen and oxygen atoms in total. The van der Waals surface area contributed by atoms with Gasteiger partial charge in [0.15, 0.2) is 0 Å². The van der Waals surface area contributed by atoms with E-state index in [2.05, 4.69) is 15.1 Å². The fraction of sp³-hybridized carbons (Fsp3) is 0.400. The van der Waals surface area contributed by atoms with Crippen LogP contribution in [0, 0.1) is 15.9 Å². The molecule has 2 aromatic rings. The normalized spacial score (nSPS) is 16.6. The monoisotopic (exact) mass is 386 g/mol. The first-order valence-electron chi connectivity index (χ1n) is 9.40. The van der Waals surface area contributed by atoms with Crippen molar-refractivity contribution in [3.05, 3.63) is 57.4 Å². The van der Waals surface area contributed by atoms with Gasteiger partial charge in [-0.2, -0.15) is 0 Å². The molecule has 0 bridgehead atoms. The number of rotatable bonds is 5. The van der Waals surface area contributed by atoms with E-state index >= 15 is 0 Å². The summed E-state index contributed by atoms with van der Waals surface area (Å²) >= 11 is 0. The number of benzene rings is 2. The van der Waals surface area contributed by atoms with Crippen molar-refractivity contribution in [3.63, 3.8) is 0 Å². The van der Waals surface area contributed by atoms with Crippen molar-refractivity contribution in [2.24, 2.45) is 0 Å². The molecule has 2 aliphatic heterocycles. The molecule has 1 fully saturated rings. The first-order valence-corrected chi connectivity index (χ1v) is 9.40. The molecule has 2 heterocycles. The fourth-order valence-electron chi connectivity index (χ4n) is 4.11. The molecule has 0 aromatic heterocycles. The van der Waals surface area contributed by atoms with Crippen LogP contribution >= 0.6 is 0 Å². The smallest absolute Gasteiger partial charge is 0.292 e. The minimum absolute atomic E-state index is 0.169. The van der Waals surface area contributed by atoms with E-state index in [9.17, 15) is 14.5 Å². The number of nitro groups is 1. The summed E-state index contributed by atoms with van der Waals surface area (Å²) in [6, 6.07) is 7.94. The van der Waals surface area contributed by atoms with Gasteiger partial charge in [0.25, 0.3) is 5.69 Å². The number of hydrogen-bond acceptors (Lipinski definition) is 6. The molecule has 1 saturated heterocycles. The predicted octanol–water partition coefficient (Wildman–Crippen LogP) is 3.03. The van der Waals surface area contributed by atoms with E-state index in [0.717, 1.165) is 48.6 Å². The van der Waals surface area contributed by atoms with Crippen LogP contribution in [0.3, 0.4) is 0 Å². The van der Waals surface area contributed by atoms with Crippen molar-refractivity contribution in [2.75, 3.05) is 50.1 Å². The number of nitro benzene ring substituents is 1. The molecule has 0 radical (unpaired) electrons. The maximum atomic E-state index is 13.6. The Morgan fingerprint density at radius 2 is 2.00 bits per heavy atom. The summed E-state index contributed by atoms with van der Waals surface area (Å²) < 4.78 is 19.0. The number of halogens is 1. The molecular formula is C20H23FN4O3. The fourth-order valence-corrected chi connectivity index (χ4v) is 4.11. The summed E-state index contributed by atoms with van der Waals surface area (Å²) in [5.41, 5.74) is 3.76. The molecule has 0 atom stereocenters. The Hall–Kier alpha value is -2.87.